The first-order valence-corrected chi connectivity index (χ1v) is 4.26. The van der Waals surface area contributed by atoms with Crippen LogP contribution in [-0.2, 0) is 4.74 Å². The second-order valence-electron chi connectivity index (χ2n) is 2.70. The Hall–Kier alpha value is -0.120. The first-order valence-electron chi connectivity index (χ1n) is 4.26. The highest BCUT2D eigenvalue weighted by Crippen LogP contribution is 1.90. The molecule has 11 heavy (non-hydrogen) atoms. The third-order valence-corrected chi connectivity index (χ3v) is 1.70. The molecule has 0 heterocycles. The van der Waals surface area contributed by atoms with Gasteiger partial charge in [-0.3, -0.25) is 0 Å². The van der Waals surface area contributed by atoms with E-state index in [9.17, 15) is 0 Å². The van der Waals surface area contributed by atoms with E-state index in [1.807, 2.05) is 0 Å². The monoisotopic (exact) mass is 160 g/mol. The largest absolute Gasteiger partial charge is 0.383 e. The Bertz CT molecular complexity index is 78.5. The Morgan fingerprint density at radius 3 is 2.73 bits per heavy atom. The quantitative estimate of drug-likeness (QED) is 0.528. The van der Waals surface area contributed by atoms with Gasteiger partial charge < -0.3 is 15.8 Å². The smallest absolute Gasteiger partial charge is 0.0587 e. The van der Waals surface area contributed by atoms with Crippen LogP contribution < -0.4 is 11.1 Å². The molecule has 0 amide bonds. The molecular formula is C8H20N2O. The van der Waals surface area contributed by atoms with Crippen LogP contribution in [0.3, 0.4) is 0 Å². The predicted octanol–water partition coefficient (Wildman–Crippen LogP) is 0.350. The summed E-state index contributed by atoms with van der Waals surface area (Å²) in [7, 11) is 1.71. The molecule has 0 aromatic carbocycles. The van der Waals surface area contributed by atoms with Crippen LogP contribution in [0.5, 0.6) is 0 Å². The molecular weight excluding hydrogens is 140 g/mol. The maximum atomic E-state index is 5.72. The van der Waals surface area contributed by atoms with E-state index in [1.165, 1.54) is 0 Å². The van der Waals surface area contributed by atoms with Crippen molar-refractivity contribution in [2.45, 2.75) is 25.8 Å². The lowest BCUT2D eigenvalue weighted by molar-refractivity contribution is 0.199. The van der Waals surface area contributed by atoms with Gasteiger partial charge in [-0.05, 0) is 19.4 Å². The van der Waals surface area contributed by atoms with Gasteiger partial charge in [-0.15, -0.1) is 0 Å². The summed E-state index contributed by atoms with van der Waals surface area (Å²) in [5.41, 5.74) is 5.72. The molecule has 0 bridgehead atoms. The molecule has 3 nitrogen and oxygen atoms in total. The van der Waals surface area contributed by atoms with Crippen molar-refractivity contribution in [2.24, 2.45) is 5.73 Å². The molecule has 0 saturated carbocycles. The summed E-state index contributed by atoms with van der Waals surface area (Å²) in [4.78, 5) is 0. The third-order valence-electron chi connectivity index (χ3n) is 1.70. The molecule has 3 heteroatoms. The average Bonchev–Trinajstić information content (AvgIpc) is 2.04. The molecule has 0 aromatic heterocycles. The van der Waals surface area contributed by atoms with Gasteiger partial charge in [-0.1, -0.05) is 6.92 Å². The summed E-state index contributed by atoms with van der Waals surface area (Å²) in [5.74, 6) is 0. The molecule has 3 N–H and O–H groups in total. The summed E-state index contributed by atoms with van der Waals surface area (Å²) in [5, 5.41) is 3.25. The maximum absolute atomic E-state index is 5.72. The van der Waals surface area contributed by atoms with Gasteiger partial charge in [0.15, 0.2) is 0 Å². The molecule has 0 radical (unpaired) electrons. The zero-order valence-corrected chi connectivity index (χ0v) is 7.60. The van der Waals surface area contributed by atoms with Crippen molar-refractivity contribution < 1.29 is 4.74 Å². The second kappa shape index (κ2) is 7.98. The van der Waals surface area contributed by atoms with Crippen LogP contribution >= 0.6 is 0 Å². The molecule has 0 aliphatic heterocycles. The van der Waals surface area contributed by atoms with Crippen molar-refractivity contribution in [1.29, 1.82) is 0 Å². The van der Waals surface area contributed by atoms with E-state index < -0.39 is 0 Å². The van der Waals surface area contributed by atoms with E-state index in [1.54, 1.807) is 7.11 Å². The minimum Gasteiger partial charge on any atom is -0.383 e. The minimum atomic E-state index is 0.352. The van der Waals surface area contributed by atoms with Crippen molar-refractivity contribution >= 4 is 0 Å². The number of rotatable bonds is 7. The third kappa shape index (κ3) is 7.78. The van der Waals surface area contributed by atoms with Gasteiger partial charge in [0.1, 0.15) is 0 Å². The summed E-state index contributed by atoms with van der Waals surface area (Å²) in [6.45, 7) is 4.81. The van der Waals surface area contributed by atoms with E-state index in [4.69, 9.17) is 10.5 Å². The van der Waals surface area contributed by atoms with Gasteiger partial charge in [0.25, 0.3) is 0 Å². The van der Waals surface area contributed by atoms with E-state index >= 15 is 0 Å². The first-order chi connectivity index (χ1) is 5.31. The van der Waals surface area contributed by atoms with Crippen molar-refractivity contribution in [3.05, 3.63) is 0 Å². The van der Waals surface area contributed by atoms with Gasteiger partial charge in [0.2, 0.25) is 0 Å². The highest BCUT2D eigenvalue weighted by Gasteiger charge is 1.96. The summed E-state index contributed by atoms with van der Waals surface area (Å²) < 4.78 is 4.88. The van der Waals surface area contributed by atoms with Crippen LogP contribution in [0.2, 0.25) is 0 Å². The second-order valence-corrected chi connectivity index (χ2v) is 2.70. The van der Waals surface area contributed by atoms with Gasteiger partial charge >= 0.3 is 0 Å². The van der Waals surface area contributed by atoms with E-state index in [2.05, 4.69) is 12.2 Å². The van der Waals surface area contributed by atoms with Crippen LogP contribution in [-0.4, -0.2) is 32.8 Å². The standard InChI is InChI=1S/C8H20N2O/c1-3-8(9)4-5-10-6-7-11-2/h8,10H,3-7,9H2,1-2H3. The predicted molar refractivity (Wildman–Crippen MR) is 47.6 cm³/mol. The normalized spacial score (nSPS) is 13.4. The van der Waals surface area contributed by atoms with Crippen molar-refractivity contribution in [3.8, 4) is 0 Å². The van der Waals surface area contributed by atoms with Crippen LogP contribution in [0.4, 0.5) is 0 Å². The van der Waals surface area contributed by atoms with Gasteiger partial charge in [-0.2, -0.15) is 0 Å². The lowest BCUT2D eigenvalue weighted by Gasteiger charge is -2.08. The molecule has 0 saturated heterocycles. The Morgan fingerprint density at radius 2 is 2.18 bits per heavy atom. The maximum Gasteiger partial charge on any atom is 0.0587 e. The van der Waals surface area contributed by atoms with Crippen LogP contribution in [0.15, 0.2) is 0 Å². The number of methoxy groups -OCH3 is 1. The summed E-state index contributed by atoms with van der Waals surface area (Å²) in [6.07, 6.45) is 2.12. The van der Waals surface area contributed by atoms with Crippen LogP contribution in [0.1, 0.15) is 19.8 Å². The summed E-state index contributed by atoms with van der Waals surface area (Å²) >= 11 is 0. The van der Waals surface area contributed by atoms with Crippen LogP contribution in [0.25, 0.3) is 0 Å². The average molecular weight is 160 g/mol. The number of hydrogen-bond donors (Lipinski definition) is 2. The van der Waals surface area contributed by atoms with Crippen molar-refractivity contribution in [1.82, 2.24) is 5.32 Å². The lowest BCUT2D eigenvalue weighted by atomic mass is 10.2. The van der Waals surface area contributed by atoms with Crippen molar-refractivity contribution in [2.75, 3.05) is 26.8 Å². The number of hydrogen-bond acceptors (Lipinski definition) is 3. The molecule has 0 fully saturated rings. The number of nitrogens with two attached hydrogens (primary N) is 1. The fourth-order valence-corrected chi connectivity index (χ4v) is 0.791. The molecule has 68 valence electrons. The van der Waals surface area contributed by atoms with E-state index in [-0.39, 0.29) is 0 Å². The molecule has 0 spiro atoms. The van der Waals surface area contributed by atoms with Crippen LogP contribution in [0, 0.1) is 0 Å². The first kappa shape index (κ1) is 10.9. The summed E-state index contributed by atoms with van der Waals surface area (Å²) in [6, 6.07) is 0.352. The Balaban J connectivity index is 2.89. The SMILES string of the molecule is CCC(N)CCNCCOC. The fraction of sp³-hybridized carbons (Fsp3) is 1.00. The molecule has 1 atom stereocenters. The fourth-order valence-electron chi connectivity index (χ4n) is 0.791. The molecule has 0 aromatic rings. The number of nitrogens with one attached hydrogen (secondary N) is 1. The number of ether oxygens (including phenoxy) is 1. The van der Waals surface area contributed by atoms with E-state index in [0.717, 1.165) is 32.5 Å². The lowest BCUT2D eigenvalue weighted by Crippen LogP contribution is -2.27. The van der Waals surface area contributed by atoms with Gasteiger partial charge in [0.05, 0.1) is 6.61 Å². The van der Waals surface area contributed by atoms with Gasteiger partial charge in [-0.25, -0.2) is 0 Å². The highest BCUT2D eigenvalue weighted by molar-refractivity contribution is 4.59. The Kier molecular flexibility index (Phi) is 7.89. The Labute approximate surface area is 69.3 Å². The molecule has 0 aliphatic carbocycles. The zero-order valence-electron chi connectivity index (χ0n) is 7.60. The van der Waals surface area contributed by atoms with Crippen molar-refractivity contribution in [3.63, 3.8) is 0 Å². The molecule has 0 rings (SSSR count). The van der Waals surface area contributed by atoms with Gasteiger partial charge in [0, 0.05) is 19.7 Å². The minimum absolute atomic E-state index is 0.352. The topological polar surface area (TPSA) is 47.3 Å². The zero-order chi connectivity index (χ0) is 8.53. The highest BCUT2D eigenvalue weighted by atomic mass is 16.5. The Morgan fingerprint density at radius 1 is 1.45 bits per heavy atom. The molecule has 0 aliphatic rings. The molecule has 1 unspecified atom stereocenters. The van der Waals surface area contributed by atoms with E-state index in [0.29, 0.717) is 6.04 Å².